The third-order valence-electron chi connectivity index (χ3n) is 5.64. The minimum atomic E-state index is -3.53. The number of hydrogen-bond acceptors (Lipinski definition) is 6. The van der Waals surface area contributed by atoms with Crippen molar-refractivity contribution in [1.29, 1.82) is 0 Å². The lowest BCUT2D eigenvalue weighted by atomic mass is 10.2. The number of nitrogens with zero attached hydrogens (tertiary/aromatic N) is 3. The molecule has 0 spiro atoms. The Morgan fingerprint density at radius 2 is 1.58 bits per heavy atom. The number of halogens is 1. The maximum atomic E-state index is 13.0. The van der Waals surface area contributed by atoms with Crippen LogP contribution in [0.25, 0.3) is 0 Å². The molecule has 168 valence electrons. The first-order valence-corrected chi connectivity index (χ1v) is 11.9. The highest BCUT2D eigenvalue weighted by Gasteiger charge is 2.30. The molecule has 0 saturated carbocycles. The molecule has 1 amide bonds. The zero-order valence-electron chi connectivity index (χ0n) is 17.3. The number of hydrogen-bond donors (Lipinski definition) is 1. The van der Waals surface area contributed by atoms with Crippen molar-refractivity contribution >= 4 is 21.6 Å². The van der Waals surface area contributed by atoms with E-state index in [-0.39, 0.29) is 23.4 Å². The Labute approximate surface area is 181 Å². The van der Waals surface area contributed by atoms with Gasteiger partial charge in [0.2, 0.25) is 11.0 Å². The normalized spacial score (nSPS) is 19.0. The Kier molecular flexibility index (Phi) is 6.71. The van der Waals surface area contributed by atoms with Crippen LogP contribution in [0.5, 0.6) is 0 Å². The topological polar surface area (TPSA) is 86.1 Å². The number of amides is 1. The van der Waals surface area contributed by atoms with Gasteiger partial charge < -0.3 is 9.73 Å². The van der Waals surface area contributed by atoms with E-state index in [0.717, 1.165) is 39.0 Å². The predicted molar refractivity (Wildman–Crippen MR) is 113 cm³/mol. The van der Waals surface area contributed by atoms with Gasteiger partial charge in [0.1, 0.15) is 11.6 Å². The number of anilines is 1. The fraction of sp³-hybridized carbons (Fsp3) is 0.476. The summed E-state index contributed by atoms with van der Waals surface area (Å²) in [7, 11) is -3.53. The summed E-state index contributed by atoms with van der Waals surface area (Å²) in [5, 5.41) is 2.79. The first-order valence-electron chi connectivity index (χ1n) is 10.5. The Bertz CT molecular complexity index is 995. The van der Waals surface area contributed by atoms with Gasteiger partial charge in [-0.15, -0.1) is 0 Å². The Hall–Kier alpha value is -2.27. The Morgan fingerprint density at radius 3 is 2.26 bits per heavy atom. The van der Waals surface area contributed by atoms with Crippen LogP contribution in [0.15, 0.2) is 45.9 Å². The van der Waals surface area contributed by atoms with Crippen LogP contribution >= 0.6 is 0 Å². The first-order chi connectivity index (χ1) is 14.9. The van der Waals surface area contributed by atoms with E-state index < -0.39 is 10.0 Å². The summed E-state index contributed by atoms with van der Waals surface area (Å²) in [5.74, 6) is 0.148. The minimum Gasteiger partial charge on any atom is -0.447 e. The van der Waals surface area contributed by atoms with Crippen molar-refractivity contribution < 1.29 is 22.0 Å². The fourth-order valence-corrected chi connectivity index (χ4v) is 5.35. The van der Waals surface area contributed by atoms with Crippen molar-refractivity contribution in [3.05, 3.63) is 48.0 Å². The molecule has 2 saturated heterocycles. The second-order valence-electron chi connectivity index (χ2n) is 7.94. The van der Waals surface area contributed by atoms with Gasteiger partial charge in [-0.25, -0.2) is 12.8 Å². The van der Waals surface area contributed by atoms with Gasteiger partial charge in [-0.3, -0.25) is 14.6 Å². The van der Waals surface area contributed by atoms with Gasteiger partial charge in [0.05, 0.1) is 13.1 Å². The van der Waals surface area contributed by atoms with E-state index in [2.05, 4.69) is 15.1 Å². The molecule has 2 aliphatic heterocycles. The molecule has 31 heavy (non-hydrogen) atoms. The zero-order chi connectivity index (χ0) is 21.8. The predicted octanol–water partition coefficient (Wildman–Crippen LogP) is 1.96. The molecule has 10 heteroatoms. The molecule has 0 aliphatic carbocycles. The number of carbonyl (C=O) groups excluding carboxylic acids is 1. The molecule has 0 unspecified atom stereocenters. The molecule has 3 heterocycles. The van der Waals surface area contributed by atoms with Gasteiger partial charge in [-0.1, -0.05) is 0 Å². The molecule has 8 nitrogen and oxygen atoms in total. The second kappa shape index (κ2) is 9.47. The van der Waals surface area contributed by atoms with Crippen molar-refractivity contribution in [1.82, 2.24) is 14.1 Å². The van der Waals surface area contributed by atoms with Gasteiger partial charge in [0, 0.05) is 45.0 Å². The van der Waals surface area contributed by atoms with Crippen LogP contribution in [0.3, 0.4) is 0 Å². The molecule has 1 aromatic carbocycles. The molecule has 2 aliphatic rings. The van der Waals surface area contributed by atoms with Crippen LogP contribution < -0.4 is 5.32 Å². The van der Waals surface area contributed by atoms with E-state index in [9.17, 15) is 17.6 Å². The lowest BCUT2D eigenvalue weighted by molar-refractivity contribution is -0.117. The fourth-order valence-electron chi connectivity index (χ4n) is 3.90. The summed E-state index contributed by atoms with van der Waals surface area (Å²) in [6, 6.07) is 8.96. The van der Waals surface area contributed by atoms with Crippen molar-refractivity contribution in [3.63, 3.8) is 0 Å². The molecule has 0 atom stereocenters. The second-order valence-corrected chi connectivity index (χ2v) is 9.81. The van der Waals surface area contributed by atoms with E-state index in [0.29, 0.717) is 31.1 Å². The number of furan rings is 1. The van der Waals surface area contributed by atoms with Gasteiger partial charge in [0.25, 0.3) is 10.0 Å². The van der Waals surface area contributed by atoms with E-state index in [1.54, 1.807) is 12.1 Å². The number of sulfonamides is 1. The lowest BCUT2D eigenvalue weighted by Crippen LogP contribution is -2.48. The first kappa shape index (κ1) is 21.9. The minimum absolute atomic E-state index is 0.0144. The standard InChI is InChI=1S/C21H27FN4O4S/c22-17-3-5-18(6-4-17)23-20(27)16-25-13-11-24(12-14-25)15-19-7-8-21(30-19)31(28,29)26-9-1-2-10-26/h3-8H,1-2,9-16H2,(H,23,27). The molecular weight excluding hydrogens is 423 g/mol. The average molecular weight is 451 g/mol. The highest BCUT2D eigenvalue weighted by atomic mass is 32.2. The van der Waals surface area contributed by atoms with Crippen LogP contribution in [0.2, 0.25) is 0 Å². The highest BCUT2D eigenvalue weighted by Crippen LogP contribution is 2.23. The SMILES string of the molecule is O=C(CN1CCN(Cc2ccc(S(=O)(=O)N3CCCC3)o2)CC1)Nc1ccc(F)cc1. The number of benzene rings is 1. The van der Waals surface area contributed by atoms with Crippen LogP contribution in [0.4, 0.5) is 10.1 Å². The van der Waals surface area contributed by atoms with Crippen molar-refractivity contribution in [2.75, 3.05) is 51.1 Å². The van der Waals surface area contributed by atoms with Crippen LogP contribution in [-0.4, -0.2) is 74.2 Å². The van der Waals surface area contributed by atoms with Crippen molar-refractivity contribution in [2.45, 2.75) is 24.5 Å². The molecule has 2 fully saturated rings. The average Bonchev–Trinajstić information content (AvgIpc) is 3.44. The summed E-state index contributed by atoms with van der Waals surface area (Å²) in [6.07, 6.45) is 1.78. The number of nitrogens with one attached hydrogen (secondary N) is 1. The summed E-state index contributed by atoms with van der Waals surface area (Å²) in [6.45, 7) is 4.84. The summed E-state index contributed by atoms with van der Waals surface area (Å²) >= 11 is 0. The van der Waals surface area contributed by atoms with E-state index in [1.807, 2.05) is 0 Å². The molecule has 0 bridgehead atoms. The number of piperazine rings is 1. The Balaban J connectivity index is 1.23. The van der Waals surface area contributed by atoms with Gasteiger partial charge in [-0.05, 0) is 49.2 Å². The third kappa shape index (κ3) is 5.51. The van der Waals surface area contributed by atoms with Crippen LogP contribution in [-0.2, 0) is 21.4 Å². The van der Waals surface area contributed by atoms with Gasteiger partial charge in [-0.2, -0.15) is 4.31 Å². The zero-order valence-corrected chi connectivity index (χ0v) is 18.1. The largest absolute Gasteiger partial charge is 0.447 e. The van der Waals surface area contributed by atoms with Gasteiger partial charge >= 0.3 is 0 Å². The molecule has 2 aromatic rings. The monoisotopic (exact) mass is 450 g/mol. The summed E-state index contributed by atoms with van der Waals surface area (Å²) in [4.78, 5) is 16.4. The smallest absolute Gasteiger partial charge is 0.276 e. The van der Waals surface area contributed by atoms with E-state index in [1.165, 1.54) is 28.6 Å². The maximum Gasteiger partial charge on any atom is 0.276 e. The molecule has 1 N–H and O–H groups in total. The quantitative estimate of drug-likeness (QED) is 0.694. The summed E-state index contributed by atoms with van der Waals surface area (Å²) in [5.41, 5.74) is 0.572. The van der Waals surface area contributed by atoms with Gasteiger partial charge in [0.15, 0.2) is 0 Å². The molecular formula is C21H27FN4O4S. The molecule has 0 radical (unpaired) electrons. The van der Waals surface area contributed by atoms with Crippen molar-refractivity contribution in [3.8, 4) is 0 Å². The Morgan fingerprint density at radius 1 is 0.935 bits per heavy atom. The van der Waals surface area contributed by atoms with E-state index >= 15 is 0 Å². The van der Waals surface area contributed by atoms with E-state index in [4.69, 9.17) is 4.42 Å². The summed E-state index contributed by atoms with van der Waals surface area (Å²) < 4.78 is 45.3. The maximum absolute atomic E-state index is 13.0. The van der Waals surface area contributed by atoms with Crippen LogP contribution in [0.1, 0.15) is 18.6 Å². The lowest BCUT2D eigenvalue weighted by Gasteiger charge is -2.33. The van der Waals surface area contributed by atoms with Crippen molar-refractivity contribution in [2.24, 2.45) is 0 Å². The number of carbonyl (C=O) groups is 1. The highest BCUT2D eigenvalue weighted by molar-refractivity contribution is 7.89. The molecule has 1 aromatic heterocycles. The number of rotatable bonds is 7. The molecule has 4 rings (SSSR count). The van der Waals surface area contributed by atoms with Crippen LogP contribution in [0, 0.1) is 5.82 Å². The third-order valence-corrected chi connectivity index (χ3v) is 7.41.